The molecule has 1 heterocycles. The van der Waals surface area contributed by atoms with Gasteiger partial charge in [0.25, 0.3) is 0 Å². The lowest BCUT2D eigenvalue weighted by atomic mass is 10.2. The van der Waals surface area contributed by atoms with Crippen LogP contribution in [0.25, 0.3) is 0 Å². The van der Waals surface area contributed by atoms with Gasteiger partial charge in [-0.2, -0.15) is 0 Å². The van der Waals surface area contributed by atoms with Gasteiger partial charge in [0.1, 0.15) is 0 Å². The van der Waals surface area contributed by atoms with E-state index in [-0.39, 0.29) is 12.2 Å². The maximum atomic E-state index is 5.76. The van der Waals surface area contributed by atoms with Crippen molar-refractivity contribution in [1.82, 2.24) is 0 Å². The fraction of sp³-hybridized carbons (Fsp3) is 0.500. The molecule has 2 N–H and O–H groups in total. The first kappa shape index (κ1) is 12.0. The fourth-order valence-electron chi connectivity index (χ4n) is 2.15. The SMILES string of the molecule is C[C@@H]1CN(c2ccc(N)cc2I)C[C@H](C)O1. The number of halogens is 1. The van der Waals surface area contributed by atoms with E-state index in [1.54, 1.807) is 0 Å². The van der Waals surface area contributed by atoms with Gasteiger partial charge in [-0.25, -0.2) is 0 Å². The molecule has 0 spiro atoms. The standard InChI is InChI=1S/C12H17IN2O/c1-8-6-15(7-9(2)16-8)12-4-3-10(14)5-11(12)13/h3-5,8-9H,6-7,14H2,1-2H3/t8-,9+. The summed E-state index contributed by atoms with van der Waals surface area (Å²) in [5.41, 5.74) is 7.85. The first-order chi connectivity index (χ1) is 7.56. The molecule has 1 aromatic rings. The number of nitrogen functional groups attached to an aromatic ring is 1. The summed E-state index contributed by atoms with van der Waals surface area (Å²) in [5, 5.41) is 0. The van der Waals surface area contributed by atoms with Gasteiger partial charge in [0.15, 0.2) is 0 Å². The summed E-state index contributed by atoms with van der Waals surface area (Å²) >= 11 is 2.34. The first-order valence-corrected chi connectivity index (χ1v) is 6.59. The second kappa shape index (κ2) is 4.79. The second-order valence-electron chi connectivity index (χ2n) is 4.37. The minimum atomic E-state index is 0.289. The van der Waals surface area contributed by atoms with Crippen LogP contribution < -0.4 is 10.6 Å². The number of anilines is 2. The average molecular weight is 332 g/mol. The Balaban J connectivity index is 2.23. The Morgan fingerprint density at radius 3 is 2.50 bits per heavy atom. The zero-order chi connectivity index (χ0) is 11.7. The van der Waals surface area contributed by atoms with Gasteiger partial charge in [0, 0.05) is 22.3 Å². The van der Waals surface area contributed by atoms with E-state index in [4.69, 9.17) is 10.5 Å². The Hall–Kier alpha value is -0.490. The van der Waals surface area contributed by atoms with Gasteiger partial charge in [-0.1, -0.05) is 0 Å². The molecule has 1 saturated heterocycles. The van der Waals surface area contributed by atoms with E-state index in [9.17, 15) is 0 Å². The third-order valence-electron chi connectivity index (χ3n) is 2.73. The number of nitrogens with two attached hydrogens (primary N) is 1. The van der Waals surface area contributed by atoms with E-state index in [1.165, 1.54) is 9.26 Å². The molecule has 0 radical (unpaired) electrons. The monoisotopic (exact) mass is 332 g/mol. The smallest absolute Gasteiger partial charge is 0.0726 e. The third-order valence-corrected chi connectivity index (χ3v) is 3.60. The van der Waals surface area contributed by atoms with E-state index in [0.717, 1.165) is 18.8 Å². The van der Waals surface area contributed by atoms with E-state index in [0.29, 0.717) is 0 Å². The fourth-order valence-corrected chi connectivity index (χ4v) is 3.03. The summed E-state index contributed by atoms with van der Waals surface area (Å²) in [5.74, 6) is 0. The van der Waals surface area contributed by atoms with E-state index in [1.807, 2.05) is 12.1 Å². The lowest BCUT2D eigenvalue weighted by Gasteiger charge is -2.37. The molecule has 1 aliphatic heterocycles. The van der Waals surface area contributed by atoms with Crippen molar-refractivity contribution in [3.05, 3.63) is 21.8 Å². The minimum absolute atomic E-state index is 0.289. The summed E-state index contributed by atoms with van der Waals surface area (Å²) in [4.78, 5) is 2.38. The van der Waals surface area contributed by atoms with Crippen LogP contribution in [0.15, 0.2) is 18.2 Å². The molecule has 4 heteroatoms. The summed E-state index contributed by atoms with van der Waals surface area (Å²) in [6.07, 6.45) is 0.578. The van der Waals surface area contributed by atoms with Crippen LogP contribution in [-0.4, -0.2) is 25.3 Å². The Labute approximate surface area is 110 Å². The van der Waals surface area contributed by atoms with Crippen LogP contribution in [0.5, 0.6) is 0 Å². The number of ether oxygens (including phenoxy) is 1. The largest absolute Gasteiger partial charge is 0.399 e. The molecule has 0 amide bonds. The number of rotatable bonds is 1. The van der Waals surface area contributed by atoms with E-state index >= 15 is 0 Å². The molecule has 0 saturated carbocycles. The van der Waals surface area contributed by atoms with Gasteiger partial charge < -0.3 is 15.4 Å². The molecule has 1 aromatic carbocycles. The van der Waals surface area contributed by atoms with Crippen molar-refractivity contribution in [2.75, 3.05) is 23.7 Å². The van der Waals surface area contributed by atoms with Crippen LogP contribution >= 0.6 is 22.6 Å². The average Bonchev–Trinajstić information content (AvgIpc) is 2.15. The Bertz CT molecular complexity index is 373. The topological polar surface area (TPSA) is 38.5 Å². The highest BCUT2D eigenvalue weighted by Gasteiger charge is 2.23. The lowest BCUT2D eigenvalue weighted by molar-refractivity contribution is -0.00525. The quantitative estimate of drug-likeness (QED) is 0.634. The van der Waals surface area contributed by atoms with Crippen molar-refractivity contribution in [1.29, 1.82) is 0 Å². The van der Waals surface area contributed by atoms with Crippen LogP contribution in [0.2, 0.25) is 0 Å². The van der Waals surface area contributed by atoms with Gasteiger partial charge in [0.2, 0.25) is 0 Å². The Kier molecular flexibility index (Phi) is 3.59. The molecule has 88 valence electrons. The molecule has 1 fully saturated rings. The van der Waals surface area contributed by atoms with Gasteiger partial charge in [-0.15, -0.1) is 0 Å². The van der Waals surface area contributed by atoms with Gasteiger partial charge in [-0.3, -0.25) is 0 Å². The maximum Gasteiger partial charge on any atom is 0.0726 e. The van der Waals surface area contributed by atoms with Crippen molar-refractivity contribution >= 4 is 34.0 Å². The predicted octanol–water partition coefficient (Wildman–Crippen LogP) is 2.49. The zero-order valence-electron chi connectivity index (χ0n) is 9.61. The second-order valence-corrected chi connectivity index (χ2v) is 5.54. The van der Waals surface area contributed by atoms with Crippen molar-refractivity contribution in [3.8, 4) is 0 Å². The minimum Gasteiger partial charge on any atom is -0.399 e. The van der Waals surface area contributed by atoms with Crippen LogP contribution in [-0.2, 0) is 4.74 Å². The van der Waals surface area contributed by atoms with Crippen LogP contribution in [0.3, 0.4) is 0 Å². The Morgan fingerprint density at radius 1 is 1.31 bits per heavy atom. The van der Waals surface area contributed by atoms with E-state index < -0.39 is 0 Å². The summed E-state index contributed by atoms with van der Waals surface area (Å²) in [6, 6.07) is 6.07. The van der Waals surface area contributed by atoms with E-state index in [2.05, 4.69) is 47.4 Å². The molecule has 0 unspecified atom stereocenters. The number of hydrogen-bond acceptors (Lipinski definition) is 3. The molecule has 16 heavy (non-hydrogen) atoms. The first-order valence-electron chi connectivity index (χ1n) is 5.51. The summed E-state index contributed by atoms with van der Waals surface area (Å²) < 4.78 is 6.94. The highest BCUT2D eigenvalue weighted by molar-refractivity contribution is 14.1. The molecular weight excluding hydrogens is 315 g/mol. The molecule has 0 aromatic heterocycles. The van der Waals surface area contributed by atoms with Crippen LogP contribution in [0.4, 0.5) is 11.4 Å². The van der Waals surface area contributed by atoms with Crippen LogP contribution in [0, 0.1) is 3.57 Å². The van der Waals surface area contributed by atoms with Gasteiger partial charge in [0.05, 0.1) is 17.9 Å². The highest BCUT2D eigenvalue weighted by atomic mass is 127. The number of nitrogens with zero attached hydrogens (tertiary/aromatic N) is 1. The highest BCUT2D eigenvalue weighted by Crippen LogP contribution is 2.27. The predicted molar refractivity (Wildman–Crippen MR) is 75.8 cm³/mol. The Morgan fingerprint density at radius 2 is 1.94 bits per heavy atom. The van der Waals surface area contributed by atoms with Crippen molar-refractivity contribution in [2.45, 2.75) is 26.1 Å². The normalized spacial score (nSPS) is 25.8. The number of hydrogen-bond donors (Lipinski definition) is 1. The van der Waals surface area contributed by atoms with Crippen molar-refractivity contribution in [2.24, 2.45) is 0 Å². The van der Waals surface area contributed by atoms with Crippen molar-refractivity contribution in [3.63, 3.8) is 0 Å². The van der Waals surface area contributed by atoms with Crippen LogP contribution in [0.1, 0.15) is 13.8 Å². The molecule has 0 aliphatic carbocycles. The number of morpholine rings is 1. The van der Waals surface area contributed by atoms with Crippen molar-refractivity contribution < 1.29 is 4.74 Å². The maximum absolute atomic E-state index is 5.76. The molecule has 2 atom stereocenters. The van der Waals surface area contributed by atoms with Gasteiger partial charge in [-0.05, 0) is 54.6 Å². The third kappa shape index (κ3) is 2.60. The number of benzene rings is 1. The molecule has 1 aliphatic rings. The lowest BCUT2D eigenvalue weighted by Crippen LogP contribution is -2.45. The molecule has 3 nitrogen and oxygen atoms in total. The summed E-state index contributed by atoms with van der Waals surface area (Å²) in [6.45, 7) is 6.13. The molecule has 0 bridgehead atoms. The summed E-state index contributed by atoms with van der Waals surface area (Å²) in [7, 11) is 0. The molecular formula is C12H17IN2O. The van der Waals surface area contributed by atoms with Gasteiger partial charge >= 0.3 is 0 Å². The zero-order valence-corrected chi connectivity index (χ0v) is 11.8. The molecule has 2 rings (SSSR count).